The molecule has 3 aromatic rings. The summed E-state index contributed by atoms with van der Waals surface area (Å²) in [5.74, 6) is 1.97. The molecule has 0 aliphatic heterocycles. The van der Waals surface area contributed by atoms with Gasteiger partial charge in [-0.25, -0.2) is 0 Å². The number of hydrogen-bond acceptors (Lipinski definition) is 3. The van der Waals surface area contributed by atoms with E-state index in [1.54, 1.807) is 6.26 Å². The van der Waals surface area contributed by atoms with Gasteiger partial charge in [0.2, 0.25) is 0 Å². The van der Waals surface area contributed by atoms with Crippen molar-refractivity contribution in [2.75, 3.05) is 12.8 Å². The Morgan fingerprint density at radius 1 is 1.10 bits per heavy atom. The number of aryl methyl sites for hydroxylation is 1. The summed E-state index contributed by atoms with van der Waals surface area (Å²) in [6, 6.07) is 17.4. The van der Waals surface area contributed by atoms with Crippen molar-refractivity contribution < 1.29 is 4.42 Å². The Balaban J connectivity index is 1.86. The van der Waals surface area contributed by atoms with E-state index < -0.39 is 0 Å². The van der Waals surface area contributed by atoms with Gasteiger partial charge in [-0.1, -0.05) is 42.5 Å². The second kappa shape index (κ2) is 6.37. The predicted octanol–water partition coefficient (Wildman–Crippen LogP) is 4.79. The van der Waals surface area contributed by atoms with Crippen LogP contribution in [0.5, 0.6) is 0 Å². The van der Waals surface area contributed by atoms with Gasteiger partial charge in [0.1, 0.15) is 5.76 Å². The molecule has 0 amide bonds. The lowest BCUT2D eigenvalue weighted by molar-refractivity contribution is 0.526. The number of hydrogen-bond donors (Lipinski definition) is 1. The molecule has 108 valence electrons. The lowest BCUT2D eigenvalue weighted by Gasteiger charge is -2.18. The molecule has 2 aromatic carbocycles. The molecule has 1 unspecified atom stereocenters. The highest BCUT2D eigenvalue weighted by Crippen LogP contribution is 2.30. The van der Waals surface area contributed by atoms with Gasteiger partial charge in [-0.3, -0.25) is 0 Å². The standard InChI is InChI=1S/C18H19NOS/c1-13-18(10-11-20-13)21-12-17(19-2)16-9-5-7-14-6-3-4-8-15(14)16/h3-11,17,19H,12H2,1-2H3. The Morgan fingerprint density at radius 3 is 2.67 bits per heavy atom. The van der Waals surface area contributed by atoms with E-state index in [0.29, 0.717) is 6.04 Å². The molecule has 1 N–H and O–H groups in total. The van der Waals surface area contributed by atoms with Crippen molar-refractivity contribution in [3.8, 4) is 0 Å². The number of furan rings is 1. The first kappa shape index (κ1) is 14.2. The van der Waals surface area contributed by atoms with E-state index in [1.807, 2.05) is 31.8 Å². The number of nitrogens with one attached hydrogen (secondary N) is 1. The van der Waals surface area contributed by atoms with E-state index >= 15 is 0 Å². The van der Waals surface area contributed by atoms with Crippen LogP contribution in [-0.4, -0.2) is 12.8 Å². The summed E-state index contributed by atoms with van der Waals surface area (Å²) in [6.07, 6.45) is 1.75. The molecule has 0 saturated carbocycles. The van der Waals surface area contributed by atoms with E-state index in [0.717, 1.165) is 11.5 Å². The summed E-state index contributed by atoms with van der Waals surface area (Å²) in [6.45, 7) is 2.01. The van der Waals surface area contributed by atoms with Crippen LogP contribution in [0.2, 0.25) is 0 Å². The SMILES string of the molecule is CNC(CSc1ccoc1C)c1cccc2ccccc12. The minimum Gasteiger partial charge on any atom is -0.468 e. The Labute approximate surface area is 129 Å². The van der Waals surface area contributed by atoms with E-state index in [-0.39, 0.29) is 0 Å². The molecule has 1 heterocycles. The number of benzene rings is 2. The molecule has 21 heavy (non-hydrogen) atoms. The number of thioether (sulfide) groups is 1. The smallest absolute Gasteiger partial charge is 0.114 e. The van der Waals surface area contributed by atoms with Gasteiger partial charge < -0.3 is 9.73 Å². The van der Waals surface area contributed by atoms with E-state index in [2.05, 4.69) is 47.8 Å². The third kappa shape index (κ3) is 2.99. The van der Waals surface area contributed by atoms with Crippen LogP contribution in [0, 0.1) is 6.92 Å². The second-order valence-electron chi connectivity index (χ2n) is 5.06. The summed E-state index contributed by atoms with van der Waals surface area (Å²) < 4.78 is 5.37. The monoisotopic (exact) mass is 297 g/mol. The fraction of sp³-hybridized carbons (Fsp3) is 0.222. The maximum absolute atomic E-state index is 5.37. The molecule has 0 spiro atoms. The first-order valence-corrected chi connectivity index (χ1v) is 8.10. The maximum Gasteiger partial charge on any atom is 0.114 e. The number of rotatable bonds is 5. The van der Waals surface area contributed by atoms with Gasteiger partial charge in [-0.05, 0) is 36.4 Å². The fourth-order valence-corrected chi connectivity index (χ4v) is 3.67. The van der Waals surface area contributed by atoms with Crippen LogP contribution in [0.3, 0.4) is 0 Å². The lowest BCUT2D eigenvalue weighted by Crippen LogP contribution is -2.19. The van der Waals surface area contributed by atoms with Crippen LogP contribution in [-0.2, 0) is 0 Å². The van der Waals surface area contributed by atoms with Crippen LogP contribution >= 0.6 is 11.8 Å². The van der Waals surface area contributed by atoms with Crippen molar-refractivity contribution in [3.63, 3.8) is 0 Å². The van der Waals surface area contributed by atoms with Crippen molar-refractivity contribution in [2.45, 2.75) is 17.9 Å². The Bertz CT molecular complexity index is 729. The number of fused-ring (bicyclic) bond motifs is 1. The van der Waals surface area contributed by atoms with Crippen LogP contribution in [0.25, 0.3) is 10.8 Å². The van der Waals surface area contributed by atoms with Crippen molar-refractivity contribution in [3.05, 3.63) is 66.1 Å². The molecule has 1 atom stereocenters. The van der Waals surface area contributed by atoms with Crippen LogP contribution in [0.4, 0.5) is 0 Å². The quantitative estimate of drug-likeness (QED) is 0.685. The van der Waals surface area contributed by atoms with Gasteiger partial charge in [0.25, 0.3) is 0 Å². The summed E-state index contributed by atoms with van der Waals surface area (Å²) >= 11 is 1.83. The molecule has 0 saturated heterocycles. The Morgan fingerprint density at radius 2 is 1.90 bits per heavy atom. The first-order valence-electron chi connectivity index (χ1n) is 7.11. The molecule has 0 aliphatic rings. The molecular formula is C18H19NOS. The zero-order valence-electron chi connectivity index (χ0n) is 12.3. The molecule has 3 heteroatoms. The molecular weight excluding hydrogens is 278 g/mol. The third-order valence-electron chi connectivity index (χ3n) is 3.76. The van der Waals surface area contributed by atoms with Crippen LogP contribution in [0.1, 0.15) is 17.4 Å². The molecule has 1 aromatic heterocycles. The minimum atomic E-state index is 0.315. The van der Waals surface area contributed by atoms with Crippen LogP contribution in [0.15, 0.2) is 64.1 Å². The van der Waals surface area contributed by atoms with E-state index in [9.17, 15) is 0 Å². The van der Waals surface area contributed by atoms with Crippen molar-refractivity contribution >= 4 is 22.5 Å². The summed E-state index contributed by atoms with van der Waals surface area (Å²) in [4.78, 5) is 1.22. The second-order valence-corrected chi connectivity index (χ2v) is 6.12. The summed E-state index contributed by atoms with van der Waals surface area (Å²) in [7, 11) is 2.02. The zero-order chi connectivity index (χ0) is 14.7. The molecule has 0 fully saturated rings. The van der Waals surface area contributed by atoms with E-state index in [1.165, 1.54) is 21.2 Å². The maximum atomic E-state index is 5.37. The first-order chi connectivity index (χ1) is 10.3. The Kier molecular flexibility index (Phi) is 4.32. The average molecular weight is 297 g/mol. The molecule has 0 aliphatic carbocycles. The summed E-state index contributed by atoms with van der Waals surface area (Å²) in [5.41, 5.74) is 1.35. The van der Waals surface area contributed by atoms with Gasteiger partial charge in [0.05, 0.1) is 6.26 Å². The normalized spacial score (nSPS) is 12.7. The largest absolute Gasteiger partial charge is 0.468 e. The van der Waals surface area contributed by atoms with Gasteiger partial charge >= 0.3 is 0 Å². The van der Waals surface area contributed by atoms with Gasteiger partial charge in [-0.2, -0.15) is 0 Å². The predicted molar refractivity (Wildman–Crippen MR) is 89.9 cm³/mol. The van der Waals surface area contributed by atoms with Crippen molar-refractivity contribution in [1.29, 1.82) is 0 Å². The summed E-state index contributed by atoms with van der Waals surface area (Å²) in [5, 5.41) is 6.06. The van der Waals surface area contributed by atoms with Crippen molar-refractivity contribution in [2.24, 2.45) is 0 Å². The lowest BCUT2D eigenvalue weighted by atomic mass is 10.00. The van der Waals surface area contributed by atoms with Crippen molar-refractivity contribution in [1.82, 2.24) is 5.32 Å². The minimum absolute atomic E-state index is 0.315. The highest BCUT2D eigenvalue weighted by molar-refractivity contribution is 7.99. The highest BCUT2D eigenvalue weighted by Gasteiger charge is 2.14. The molecule has 0 radical (unpaired) electrons. The highest BCUT2D eigenvalue weighted by atomic mass is 32.2. The van der Waals surface area contributed by atoms with Crippen LogP contribution < -0.4 is 5.32 Å². The molecule has 0 bridgehead atoms. The molecule has 2 nitrogen and oxygen atoms in total. The fourth-order valence-electron chi connectivity index (χ4n) is 2.58. The van der Waals surface area contributed by atoms with Gasteiger partial charge in [0.15, 0.2) is 0 Å². The zero-order valence-corrected chi connectivity index (χ0v) is 13.1. The average Bonchev–Trinajstić information content (AvgIpc) is 2.93. The third-order valence-corrected chi connectivity index (χ3v) is 5.00. The van der Waals surface area contributed by atoms with Gasteiger partial charge in [0, 0.05) is 16.7 Å². The molecule has 3 rings (SSSR count). The Hall–Kier alpha value is -1.71. The van der Waals surface area contributed by atoms with E-state index in [4.69, 9.17) is 4.42 Å². The topological polar surface area (TPSA) is 25.2 Å². The van der Waals surface area contributed by atoms with Gasteiger partial charge in [-0.15, -0.1) is 11.8 Å².